The number of fused-ring (bicyclic) bond motifs is 5. The molecular formula is C29H37NO2. The fourth-order valence-corrected chi connectivity index (χ4v) is 7.00. The first-order chi connectivity index (χ1) is 15.1. The molecule has 3 nitrogen and oxygen atoms in total. The second kappa shape index (κ2) is 7.43. The summed E-state index contributed by atoms with van der Waals surface area (Å²) in [5, 5.41) is 0. The second-order valence-corrected chi connectivity index (χ2v) is 11.9. The van der Waals surface area contributed by atoms with Crippen LogP contribution in [0.4, 0.5) is 0 Å². The highest BCUT2D eigenvalue weighted by molar-refractivity contribution is 5.78. The first-order valence-electron chi connectivity index (χ1n) is 12.4. The van der Waals surface area contributed by atoms with Gasteiger partial charge in [-0.3, -0.25) is 9.78 Å². The third-order valence-corrected chi connectivity index (χ3v) is 8.96. The zero-order valence-corrected chi connectivity index (χ0v) is 20.3. The summed E-state index contributed by atoms with van der Waals surface area (Å²) in [6.07, 6.45) is 17.8. The molecule has 5 atom stereocenters. The van der Waals surface area contributed by atoms with E-state index in [1.54, 1.807) is 11.1 Å². The minimum atomic E-state index is -0.436. The van der Waals surface area contributed by atoms with Gasteiger partial charge in [0.1, 0.15) is 6.10 Å². The van der Waals surface area contributed by atoms with Gasteiger partial charge in [-0.15, -0.1) is 0 Å². The van der Waals surface area contributed by atoms with Gasteiger partial charge in [-0.05, 0) is 87.3 Å². The third kappa shape index (κ3) is 3.31. The van der Waals surface area contributed by atoms with Crippen LogP contribution in [0.2, 0.25) is 0 Å². The molecule has 5 unspecified atom stereocenters. The maximum Gasteiger partial charge on any atom is 0.311 e. The molecule has 2 fully saturated rings. The van der Waals surface area contributed by atoms with E-state index in [4.69, 9.17) is 4.74 Å². The van der Waals surface area contributed by atoms with E-state index in [0.717, 1.165) is 25.7 Å². The van der Waals surface area contributed by atoms with Crippen molar-refractivity contribution in [3.63, 3.8) is 0 Å². The maximum absolute atomic E-state index is 12.4. The van der Waals surface area contributed by atoms with Crippen molar-refractivity contribution in [1.82, 2.24) is 4.98 Å². The van der Waals surface area contributed by atoms with Crippen LogP contribution in [0.1, 0.15) is 78.7 Å². The van der Waals surface area contributed by atoms with Crippen molar-refractivity contribution in [2.75, 3.05) is 0 Å². The minimum absolute atomic E-state index is 0.0380. The van der Waals surface area contributed by atoms with Gasteiger partial charge in [0.15, 0.2) is 0 Å². The first kappa shape index (κ1) is 21.7. The predicted molar refractivity (Wildman–Crippen MR) is 129 cm³/mol. The Bertz CT molecular complexity index is 1010. The van der Waals surface area contributed by atoms with Crippen LogP contribution in [-0.2, 0) is 9.53 Å². The molecule has 0 aromatic carbocycles. The van der Waals surface area contributed by atoms with E-state index >= 15 is 0 Å². The number of hydrogen-bond acceptors (Lipinski definition) is 3. The molecule has 1 aromatic heterocycles. The lowest BCUT2D eigenvalue weighted by atomic mass is 9.49. The molecule has 0 spiro atoms. The first-order valence-corrected chi connectivity index (χ1v) is 12.4. The van der Waals surface area contributed by atoms with Gasteiger partial charge in [-0.1, -0.05) is 49.3 Å². The summed E-state index contributed by atoms with van der Waals surface area (Å²) in [4.78, 5) is 16.8. The van der Waals surface area contributed by atoms with Crippen molar-refractivity contribution in [2.24, 2.45) is 28.1 Å². The Hall–Kier alpha value is -2.16. The molecule has 4 aliphatic rings. The summed E-state index contributed by atoms with van der Waals surface area (Å²) in [6, 6.07) is 4.25. The van der Waals surface area contributed by atoms with E-state index in [9.17, 15) is 4.79 Å². The minimum Gasteiger partial charge on any atom is -0.462 e. The number of pyridine rings is 1. The van der Waals surface area contributed by atoms with Crippen molar-refractivity contribution in [3.05, 3.63) is 59.5 Å². The number of hydrogen-bond donors (Lipinski definition) is 0. The van der Waals surface area contributed by atoms with Gasteiger partial charge in [-0.2, -0.15) is 0 Å². The standard InChI is InChI=1S/C29H37NO2/c1-27(2,3)26(31)32-21-12-14-28(4)20(17-21)8-9-22-24-11-10-23(19-7-6-16-30-18-19)29(24,5)15-13-25(22)28/h6-8,10-11,16,18,21-22,25H,9,12-15,17H2,1-5H3. The molecule has 1 aromatic rings. The van der Waals surface area contributed by atoms with Crippen molar-refractivity contribution in [3.8, 4) is 0 Å². The topological polar surface area (TPSA) is 39.2 Å². The zero-order valence-electron chi connectivity index (χ0n) is 20.3. The van der Waals surface area contributed by atoms with E-state index < -0.39 is 5.41 Å². The van der Waals surface area contributed by atoms with Crippen LogP contribution in [0.25, 0.3) is 5.57 Å². The van der Waals surface area contributed by atoms with Crippen LogP contribution >= 0.6 is 0 Å². The van der Waals surface area contributed by atoms with Gasteiger partial charge in [0.2, 0.25) is 0 Å². The van der Waals surface area contributed by atoms with Crippen LogP contribution < -0.4 is 0 Å². The largest absolute Gasteiger partial charge is 0.462 e. The number of rotatable bonds is 2. The van der Waals surface area contributed by atoms with Gasteiger partial charge >= 0.3 is 5.97 Å². The SMILES string of the molecule is CC(C)(C)C(=O)OC1CCC2(C)C(=CCC3C4=CC=C(c5cccnc5)C4(C)CCC32)C1. The molecule has 0 aliphatic heterocycles. The number of nitrogens with zero attached hydrogens (tertiary/aromatic N) is 1. The summed E-state index contributed by atoms with van der Waals surface area (Å²) in [6.45, 7) is 10.8. The van der Waals surface area contributed by atoms with Gasteiger partial charge in [0, 0.05) is 24.2 Å². The van der Waals surface area contributed by atoms with Crippen molar-refractivity contribution < 1.29 is 9.53 Å². The molecule has 1 heterocycles. The van der Waals surface area contributed by atoms with Crippen molar-refractivity contribution >= 4 is 11.5 Å². The lowest BCUT2D eigenvalue weighted by molar-refractivity contribution is -0.160. The molecule has 3 heteroatoms. The number of esters is 1. The van der Waals surface area contributed by atoms with E-state index in [-0.39, 0.29) is 22.9 Å². The number of carbonyl (C=O) groups is 1. The average molecular weight is 432 g/mol. The normalized spacial score (nSPS) is 36.2. The highest BCUT2D eigenvalue weighted by Crippen LogP contribution is 2.64. The summed E-state index contributed by atoms with van der Waals surface area (Å²) in [5.41, 5.74) is 5.80. The van der Waals surface area contributed by atoms with E-state index in [0.29, 0.717) is 11.8 Å². The van der Waals surface area contributed by atoms with Crippen LogP contribution in [0, 0.1) is 28.1 Å². The summed E-state index contributed by atoms with van der Waals surface area (Å²) in [5.74, 6) is 1.23. The fourth-order valence-electron chi connectivity index (χ4n) is 7.00. The molecule has 0 N–H and O–H groups in total. The Labute approximate surface area is 193 Å². The van der Waals surface area contributed by atoms with E-state index in [1.807, 2.05) is 39.2 Å². The highest BCUT2D eigenvalue weighted by Gasteiger charge is 2.54. The predicted octanol–water partition coefficient (Wildman–Crippen LogP) is 6.92. The van der Waals surface area contributed by atoms with Crippen molar-refractivity contribution in [1.29, 1.82) is 0 Å². The molecule has 32 heavy (non-hydrogen) atoms. The lowest BCUT2D eigenvalue weighted by Gasteiger charge is -2.56. The van der Waals surface area contributed by atoms with Crippen molar-refractivity contribution in [2.45, 2.75) is 79.2 Å². The van der Waals surface area contributed by atoms with Gasteiger partial charge < -0.3 is 4.74 Å². The maximum atomic E-state index is 12.4. The lowest BCUT2D eigenvalue weighted by Crippen LogP contribution is -2.47. The summed E-state index contributed by atoms with van der Waals surface area (Å²) in [7, 11) is 0. The molecule has 0 bridgehead atoms. The Kier molecular flexibility index (Phi) is 5.03. The number of aromatic nitrogens is 1. The average Bonchev–Trinajstić information content (AvgIpc) is 3.11. The summed E-state index contributed by atoms with van der Waals surface area (Å²) >= 11 is 0. The quantitative estimate of drug-likeness (QED) is 0.377. The van der Waals surface area contributed by atoms with Crippen LogP contribution in [0.5, 0.6) is 0 Å². The second-order valence-electron chi connectivity index (χ2n) is 11.9. The molecule has 5 rings (SSSR count). The molecule has 170 valence electrons. The fraction of sp³-hybridized carbons (Fsp3) is 0.586. The van der Waals surface area contributed by atoms with Gasteiger partial charge in [0.25, 0.3) is 0 Å². The Morgan fingerprint density at radius 2 is 1.97 bits per heavy atom. The molecular weight excluding hydrogens is 394 g/mol. The molecule has 0 amide bonds. The number of ether oxygens (including phenoxy) is 1. The van der Waals surface area contributed by atoms with Crippen LogP contribution in [0.3, 0.4) is 0 Å². The Morgan fingerprint density at radius 1 is 1.16 bits per heavy atom. The highest BCUT2D eigenvalue weighted by atomic mass is 16.5. The molecule has 0 radical (unpaired) electrons. The smallest absolute Gasteiger partial charge is 0.311 e. The van der Waals surface area contributed by atoms with Crippen LogP contribution in [-0.4, -0.2) is 17.1 Å². The molecule has 0 saturated heterocycles. The number of carbonyl (C=O) groups excluding carboxylic acids is 1. The van der Waals surface area contributed by atoms with Gasteiger partial charge in [-0.25, -0.2) is 0 Å². The Balaban J connectivity index is 1.37. The number of allylic oxidation sites excluding steroid dienone is 5. The van der Waals surface area contributed by atoms with Crippen LogP contribution in [0.15, 0.2) is 53.9 Å². The summed E-state index contributed by atoms with van der Waals surface area (Å²) < 4.78 is 5.93. The molecule has 4 aliphatic carbocycles. The van der Waals surface area contributed by atoms with Gasteiger partial charge in [0.05, 0.1) is 5.41 Å². The van der Waals surface area contributed by atoms with E-state index in [2.05, 4.69) is 43.1 Å². The van der Waals surface area contributed by atoms with E-state index in [1.165, 1.54) is 24.0 Å². The zero-order chi connectivity index (χ0) is 22.7. The monoisotopic (exact) mass is 431 g/mol. The Morgan fingerprint density at radius 3 is 2.69 bits per heavy atom. The third-order valence-electron chi connectivity index (χ3n) is 8.96. The molecule has 2 saturated carbocycles.